The van der Waals surface area contributed by atoms with E-state index in [1.54, 1.807) is 6.92 Å². The second-order valence-electron chi connectivity index (χ2n) is 5.84. The lowest BCUT2D eigenvalue weighted by molar-refractivity contribution is -0.115. The lowest BCUT2D eigenvalue weighted by Crippen LogP contribution is -2.33. The van der Waals surface area contributed by atoms with Crippen LogP contribution >= 0.6 is 0 Å². The average Bonchev–Trinajstić information content (AvgIpc) is 2.55. The van der Waals surface area contributed by atoms with Crippen molar-refractivity contribution in [1.29, 1.82) is 0 Å². The molecule has 0 radical (unpaired) electrons. The maximum Gasteiger partial charge on any atom is 0.407 e. The molecule has 0 spiro atoms. The fourth-order valence-electron chi connectivity index (χ4n) is 2.56. The molecular formula is C17H25N3O3. The van der Waals surface area contributed by atoms with Crippen LogP contribution in [0.2, 0.25) is 0 Å². The number of piperidine rings is 1. The normalized spacial score (nSPS) is 15.1. The van der Waals surface area contributed by atoms with Crippen molar-refractivity contribution in [2.45, 2.75) is 26.7 Å². The molecular weight excluding hydrogens is 294 g/mol. The van der Waals surface area contributed by atoms with Gasteiger partial charge in [0, 0.05) is 24.5 Å². The Hall–Kier alpha value is -2.24. The number of hydrogen-bond donors (Lipinski definition) is 2. The summed E-state index contributed by atoms with van der Waals surface area (Å²) in [7, 11) is 0. The van der Waals surface area contributed by atoms with Crippen LogP contribution < -0.4 is 15.5 Å². The molecule has 0 aromatic heterocycles. The second kappa shape index (κ2) is 8.41. The molecule has 1 aliphatic heterocycles. The highest BCUT2D eigenvalue weighted by atomic mass is 16.5. The first-order valence-electron chi connectivity index (χ1n) is 8.14. The Kier molecular flexibility index (Phi) is 6.26. The van der Waals surface area contributed by atoms with Gasteiger partial charge in [0.05, 0.1) is 6.61 Å². The Balaban J connectivity index is 1.80. The van der Waals surface area contributed by atoms with Crippen LogP contribution in [0, 0.1) is 5.92 Å². The van der Waals surface area contributed by atoms with Crippen LogP contribution in [0.25, 0.3) is 0 Å². The monoisotopic (exact) mass is 319 g/mol. The van der Waals surface area contributed by atoms with Gasteiger partial charge in [-0.05, 0) is 49.9 Å². The van der Waals surface area contributed by atoms with Gasteiger partial charge >= 0.3 is 6.09 Å². The Morgan fingerprint density at radius 3 is 2.48 bits per heavy atom. The maximum atomic E-state index is 11.8. The molecule has 0 saturated carbocycles. The number of ether oxygens (including phenoxy) is 1. The van der Waals surface area contributed by atoms with Gasteiger partial charge in [-0.2, -0.15) is 0 Å². The SMILES string of the molecule is CCOC(=O)NCC(=O)Nc1ccc(N2CCC(C)CC2)cc1. The number of nitrogens with one attached hydrogen (secondary N) is 2. The van der Waals surface area contributed by atoms with E-state index in [9.17, 15) is 9.59 Å². The summed E-state index contributed by atoms with van der Waals surface area (Å²) in [5.41, 5.74) is 1.90. The summed E-state index contributed by atoms with van der Waals surface area (Å²) in [5.74, 6) is 0.523. The highest BCUT2D eigenvalue weighted by Crippen LogP contribution is 2.24. The predicted molar refractivity (Wildman–Crippen MR) is 90.7 cm³/mol. The van der Waals surface area contributed by atoms with Gasteiger partial charge in [0.1, 0.15) is 6.54 Å². The molecule has 1 aromatic rings. The summed E-state index contributed by atoms with van der Waals surface area (Å²) in [4.78, 5) is 25.2. The van der Waals surface area contributed by atoms with Gasteiger partial charge in [0.25, 0.3) is 0 Å². The van der Waals surface area contributed by atoms with Crippen molar-refractivity contribution in [3.05, 3.63) is 24.3 Å². The van der Waals surface area contributed by atoms with Crippen molar-refractivity contribution in [1.82, 2.24) is 5.32 Å². The van der Waals surface area contributed by atoms with Crippen molar-refractivity contribution < 1.29 is 14.3 Å². The van der Waals surface area contributed by atoms with Crippen LogP contribution in [0.15, 0.2) is 24.3 Å². The fraction of sp³-hybridized carbons (Fsp3) is 0.529. The Morgan fingerprint density at radius 1 is 1.22 bits per heavy atom. The van der Waals surface area contributed by atoms with E-state index in [0.29, 0.717) is 0 Å². The number of rotatable bonds is 5. The largest absolute Gasteiger partial charge is 0.450 e. The van der Waals surface area contributed by atoms with Crippen LogP contribution in [0.4, 0.5) is 16.2 Å². The van der Waals surface area contributed by atoms with Crippen LogP contribution in [0.5, 0.6) is 0 Å². The van der Waals surface area contributed by atoms with Crippen molar-refractivity contribution in [3.63, 3.8) is 0 Å². The summed E-state index contributed by atoms with van der Waals surface area (Å²) >= 11 is 0. The standard InChI is InChI=1S/C17H25N3O3/c1-3-23-17(22)18-12-16(21)19-14-4-6-15(7-5-14)20-10-8-13(2)9-11-20/h4-7,13H,3,8-12H2,1-2H3,(H,18,22)(H,19,21). The summed E-state index contributed by atoms with van der Waals surface area (Å²) in [6.45, 7) is 6.34. The first kappa shape index (κ1) is 17.1. The van der Waals surface area contributed by atoms with Gasteiger partial charge in [0.15, 0.2) is 0 Å². The average molecular weight is 319 g/mol. The molecule has 6 nitrogen and oxygen atoms in total. The molecule has 2 N–H and O–H groups in total. The minimum Gasteiger partial charge on any atom is -0.450 e. The van der Waals surface area contributed by atoms with E-state index in [0.717, 1.165) is 24.7 Å². The van der Waals surface area contributed by atoms with Crippen molar-refractivity contribution in [3.8, 4) is 0 Å². The molecule has 1 fully saturated rings. The summed E-state index contributed by atoms with van der Waals surface area (Å²) < 4.78 is 4.70. The van der Waals surface area contributed by atoms with Crippen LogP contribution in [0.1, 0.15) is 26.7 Å². The van der Waals surface area contributed by atoms with Crippen molar-refractivity contribution >= 4 is 23.4 Å². The van der Waals surface area contributed by atoms with E-state index in [4.69, 9.17) is 4.74 Å². The number of alkyl carbamates (subject to hydrolysis) is 1. The molecule has 1 aromatic carbocycles. The summed E-state index contributed by atoms with van der Waals surface area (Å²) in [6.07, 6.45) is 1.85. The second-order valence-corrected chi connectivity index (χ2v) is 5.84. The zero-order valence-corrected chi connectivity index (χ0v) is 13.8. The van der Waals surface area contributed by atoms with E-state index < -0.39 is 6.09 Å². The highest BCUT2D eigenvalue weighted by Gasteiger charge is 2.15. The van der Waals surface area contributed by atoms with Crippen molar-refractivity contribution in [2.24, 2.45) is 5.92 Å². The smallest absolute Gasteiger partial charge is 0.407 e. The number of benzene rings is 1. The fourth-order valence-corrected chi connectivity index (χ4v) is 2.56. The summed E-state index contributed by atoms with van der Waals surface area (Å²) in [5, 5.41) is 5.14. The number of carbonyl (C=O) groups is 2. The van der Waals surface area contributed by atoms with Gasteiger partial charge in [-0.1, -0.05) is 6.92 Å². The van der Waals surface area contributed by atoms with Gasteiger partial charge in [-0.25, -0.2) is 4.79 Å². The predicted octanol–water partition coefficient (Wildman–Crippen LogP) is 2.61. The Labute approximate surface area is 137 Å². The first-order valence-corrected chi connectivity index (χ1v) is 8.14. The van der Waals surface area contributed by atoms with Crippen molar-refractivity contribution in [2.75, 3.05) is 36.5 Å². The third kappa shape index (κ3) is 5.47. The number of hydrogen-bond acceptors (Lipinski definition) is 4. The molecule has 0 aliphatic carbocycles. The quantitative estimate of drug-likeness (QED) is 0.875. The zero-order chi connectivity index (χ0) is 16.7. The van der Waals surface area contributed by atoms with Gasteiger partial charge in [0.2, 0.25) is 5.91 Å². The highest BCUT2D eigenvalue weighted by molar-refractivity contribution is 5.93. The van der Waals surface area contributed by atoms with Gasteiger partial charge in [-0.3, -0.25) is 4.79 Å². The molecule has 126 valence electrons. The Morgan fingerprint density at radius 2 is 1.87 bits per heavy atom. The third-order valence-electron chi connectivity index (χ3n) is 3.97. The molecule has 1 aliphatic rings. The third-order valence-corrected chi connectivity index (χ3v) is 3.97. The van der Waals surface area contributed by atoms with Crippen LogP contribution in [-0.2, 0) is 9.53 Å². The molecule has 0 unspecified atom stereocenters. The minimum absolute atomic E-state index is 0.107. The number of carbonyl (C=O) groups excluding carboxylic acids is 2. The van der Waals surface area contributed by atoms with E-state index in [1.807, 2.05) is 24.3 Å². The number of anilines is 2. The Bertz CT molecular complexity index is 522. The molecule has 2 rings (SSSR count). The number of amides is 2. The van der Waals surface area contributed by atoms with Gasteiger partial charge < -0.3 is 20.3 Å². The topological polar surface area (TPSA) is 70.7 Å². The molecule has 2 amide bonds. The van der Waals surface area contributed by atoms with E-state index in [2.05, 4.69) is 22.5 Å². The molecule has 0 atom stereocenters. The maximum absolute atomic E-state index is 11.8. The summed E-state index contributed by atoms with van der Waals surface area (Å²) in [6, 6.07) is 7.81. The molecule has 23 heavy (non-hydrogen) atoms. The molecule has 6 heteroatoms. The lowest BCUT2D eigenvalue weighted by atomic mass is 9.99. The van der Waals surface area contributed by atoms with Crippen LogP contribution in [-0.4, -0.2) is 38.2 Å². The van der Waals surface area contributed by atoms with E-state index in [-0.39, 0.29) is 19.1 Å². The van der Waals surface area contributed by atoms with Crippen LogP contribution in [0.3, 0.4) is 0 Å². The van der Waals surface area contributed by atoms with E-state index in [1.165, 1.54) is 18.5 Å². The lowest BCUT2D eigenvalue weighted by Gasteiger charge is -2.32. The molecule has 0 bridgehead atoms. The van der Waals surface area contributed by atoms with E-state index >= 15 is 0 Å². The number of nitrogens with zero attached hydrogens (tertiary/aromatic N) is 1. The minimum atomic E-state index is -0.586. The molecule has 1 saturated heterocycles. The van der Waals surface area contributed by atoms with Gasteiger partial charge in [-0.15, -0.1) is 0 Å². The first-order chi connectivity index (χ1) is 11.1. The molecule has 1 heterocycles. The zero-order valence-electron chi connectivity index (χ0n) is 13.8.